The molecule has 0 spiro atoms. The Morgan fingerprint density at radius 2 is 2.33 bits per heavy atom. The van der Waals surface area contributed by atoms with Crippen molar-refractivity contribution in [1.82, 2.24) is 10.2 Å². The zero-order valence-electron chi connectivity index (χ0n) is 9.29. The Bertz CT molecular complexity index is 445. The molecule has 1 aromatic rings. The van der Waals surface area contributed by atoms with Gasteiger partial charge in [0, 0.05) is 11.7 Å². The molecule has 1 unspecified atom stereocenters. The minimum Gasteiger partial charge on any atom is -0.481 e. The molecule has 1 fully saturated rings. The maximum absolute atomic E-state index is 11.8. The average Bonchev–Trinajstić information content (AvgIpc) is 2.97. The molecule has 1 aliphatic rings. The first-order valence-electron chi connectivity index (χ1n) is 5.22. The first kappa shape index (κ1) is 13.6. The van der Waals surface area contributed by atoms with E-state index in [1.807, 2.05) is 0 Å². The van der Waals surface area contributed by atoms with E-state index in [-0.39, 0.29) is 17.6 Å². The van der Waals surface area contributed by atoms with Crippen molar-refractivity contribution < 1.29 is 14.7 Å². The minimum atomic E-state index is -0.899. The summed E-state index contributed by atoms with van der Waals surface area (Å²) >= 11 is 4.07. The minimum absolute atomic E-state index is 0.0223. The number of nitrogens with zero attached hydrogens (tertiary/aromatic N) is 2. The van der Waals surface area contributed by atoms with Gasteiger partial charge in [-0.1, -0.05) is 23.1 Å². The number of nitrogens with one attached hydrogen (secondary N) is 1. The third-order valence-corrected chi connectivity index (χ3v) is 5.38. The number of rotatable bonds is 5. The molecule has 0 aliphatic carbocycles. The van der Waals surface area contributed by atoms with Crippen LogP contribution in [0.1, 0.15) is 6.42 Å². The fraction of sp³-hybridized carbons (Fsp3) is 0.556. The summed E-state index contributed by atoms with van der Waals surface area (Å²) in [4.78, 5) is 22.2. The summed E-state index contributed by atoms with van der Waals surface area (Å²) < 4.78 is 0.550. The van der Waals surface area contributed by atoms with E-state index in [9.17, 15) is 9.59 Å². The summed E-state index contributed by atoms with van der Waals surface area (Å²) in [6.07, 6.45) is 0.899. The van der Waals surface area contributed by atoms with Crippen LogP contribution in [0.25, 0.3) is 0 Å². The van der Waals surface area contributed by atoms with Crippen LogP contribution in [0.5, 0.6) is 0 Å². The highest BCUT2D eigenvalue weighted by Crippen LogP contribution is 2.28. The summed E-state index contributed by atoms with van der Waals surface area (Å²) in [6.45, 7) is 0. The molecule has 18 heavy (non-hydrogen) atoms. The Kier molecular flexibility index (Phi) is 4.84. The van der Waals surface area contributed by atoms with Gasteiger partial charge >= 0.3 is 5.97 Å². The second kappa shape index (κ2) is 6.39. The third-order valence-electron chi connectivity index (χ3n) is 2.26. The van der Waals surface area contributed by atoms with Crippen molar-refractivity contribution in [3.63, 3.8) is 0 Å². The van der Waals surface area contributed by atoms with Crippen LogP contribution in [0.3, 0.4) is 0 Å². The van der Waals surface area contributed by atoms with Gasteiger partial charge in [0.1, 0.15) is 0 Å². The summed E-state index contributed by atoms with van der Waals surface area (Å²) in [5, 5.41) is 19.3. The monoisotopic (exact) mass is 305 g/mol. The van der Waals surface area contributed by atoms with Gasteiger partial charge in [-0.05, 0) is 12.2 Å². The second-order valence-corrected chi connectivity index (χ2v) is 6.96. The lowest BCUT2D eigenvalue weighted by molar-refractivity contribution is -0.133. The molecule has 1 amide bonds. The number of carbonyl (C=O) groups is 2. The molecule has 2 heterocycles. The summed E-state index contributed by atoms with van der Waals surface area (Å²) in [7, 11) is 0. The zero-order chi connectivity index (χ0) is 13.0. The van der Waals surface area contributed by atoms with E-state index in [1.54, 1.807) is 11.8 Å². The highest BCUT2D eigenvalue weighted by molar-refractivity contribution is 8.01. The first-order valence-corrected chi connectivity index (χ1v) is 8.17. The van der Waals surface area contributed by atoms with Crippen LogP contribution in [0.15, 0.2) is 4.34 Å². The number of carboxylic acid groups (broad SMARTS) is 1. The molecule has 1 saturated heterocycles. The molecule has 0 aromatic carbocycles. The van der Waals surface area contributed by atoms with Crippen LogP contribution in [0.2, 0.25) is 0 Å². The summed E-state index contributed by atoms with van der Waals surface area (Å²) in [5.74, 6) is 0.949. The molecule has 0 radical (unpaired) electrons. The van der Waals surface area contributed by atoms with Gasteiger partial charge in [0.2, 0.25) is 11.0 Å². The maximum Gasteiger partial charge on any atom is 0.313 e. The van der Waals surface area contributed by atoms with Gasteiger partial charge in [-0.2, -0.15) is 11.8 Å². The predicted octanol–water partition coefficient (Wildman–Crippen LogP) is 1.41. The van der Waals surface area contributed by atoms with Gasteiger partial charge in [-0.15, -0.1) is 10.2 Å². The Hall–Kier alpha value is -0.800. The van der Waals surface area contributed by atoms with Gasteiger partial charge in [0.05, 0.1) is 5.75 Å². The lowest BCUT2D eigenvalue weighted by atomic mass is 10.1. The quantitative estimate of drug-likeness (QED) is 0.627. The Morgan fingerprint density at radius 3 is 3.00 bits per heavy atom. The Balaban J connectivity index is 1.85. The standard InChI is InChI=1S/C9H11N3O3S3/c13-6(14)4-17-9-12-11-8(18-9)10-7(15)5-1-2-16-3-5/h5H,1-4H2,(H,13,14)(H,10,11,15). The van der Waals surface area contributed by atoms with Crippen molar-refractivity contribution in [2.75, 3.05) is 22.6 Å². The Labute approximate surface area is 116 Å². The number of aromatic nitrogens is 2. The van der Waals surface area contributed by atoms with Crippen molar-refractivity contribution in [1.29, 1.82) is 0 Å². The predicted molar refractivity (Wildman–Crippen MR) is 72.3 cm³/mol. The molecular formula is C9H11N3O3S3. The van der Waals surface area contributed by atoms with Crippen molar-refractivity contribution in [3.8, 4) is 0 Å². The van der Waals surface area contributed by atoms with Crippen molar-refractivity contribution >= 4 is 51.9 Å². The molecule has 2 rings (SSSR count). The van der Waals surface area contributed by atoms with Gasteiger partial charge in [0.15, 0.2) is 4.34 Å². The van der Waals surface area contributed by atoms with Gasteiger partial charge < -0.3 is 10.4 Å². The zero-order valence-corrected chi connectivity index (χ0v) is 11.7. The fourth-order valence-electron chi connectivity index (χ4n) is 1.39. The molecular weight excluding hydrogens is 294 g/mol. The van der Waals surface area contributed by atoms with E-state index in [0.717, 1.165) is 29.7 Å². The van der Waals surface area contributed by atoms with Crippen molar-refractivity contribution in [2.45, 2.75) is 10.8 Å². The molecule has 1 atom stereocenters. The molecule has 0 bridgehead atoms. The van der Waals surface area contributed by atoms with Crippen LogP contribution in [-0.4, -0.2) is 44.4 Å². The lowest BCUT2D eigenvalue weighted by Crippen LogP contribution is -2.22. The fourth-order valence-corrected chi connectivity index (χ4v) is 4.09. The van der Waals surface area contributed by atoms with Crippen LogP contribution in [0, 0.1) is 5.92 Å². The van der Waals surface area contributed by atoms with E-state index in [0.29, 0.717) is 9.47 Å². The molecule has 6 nitrogen and oxygen atoms in total. The molecule has 1 aromatic heterocycles. The number of thioether (sulfide) groups is 2. The number of anilines is 1. The van der Waals surface area contributed by atoms with E-state index in [1.165, 1.54) is 11.3 Å². The number of carboxylic acids is 1. The highest BCUT2D eigenvalue weighted by Gasteiger charge is 2.24. The smallest absolute Gasteiger partial charge is 0.313 e. The maximum atomic E-state index is 11.8. The normalized spacial score (nSPS) is 18.8. The molecule has 98 valence electrons. The Morgan fingerprint density at radius 1 is 1.50 bits per heavy atom. The summed E-state index contributed by atoms with van der Waals surface area (Å²) in [5.41, 5.74) is 0. The number of hydrogen-bond acceptors (Lipinski definition) is 7. The van der Waals surface area contributed by atoms with Crippen molar-refractivity contribution in [3.05, 3.63) is 0 Å². The first-order chi connectivity index (χ1) is 8.65. The largest absolute Gasteiger partial charge is 0.481 e. The van der Waals surface area contributed by atoms with Crippen LogP contribution < -0.4 is 5.32 Å². The second-order valence-electron chi connectivity index (χ2n) is 3.61. The van der Waals surface area contributed by atoms with Crippen molar-refractivity contribution in [2.24, 2.45) is 5.92 Å². The third kappa shape index (κ3) is 3.85. The van der Waals surface area contributed by atoms with Crippen LogP contribution >= 0.6 is 34.9 Å². The topological polar surface area (TPSA) is 92.2 Å². The van der Waals surface area contributed by atoms with Gasteiger partial charge in [0.25, 0.3) is 0 Å². The molecule has 1 aliphatic heterocycles. The van der Waals surface area contributed by atoms with Gasteiger partial charge in [-0.3, -0.25) is 9.59 Å². The van der Waals surface area contributed by atoms with Gasteiger partial charge in [-0.25, -0.2) is 0 Å². The highest BCUT2D eigenvalue weighted by atomic mass is 32.2. The number of hydrogen-bond donors (Lipinski definition) is 2. The number of amides is 1. The van der Waals surface area contributed by atoms with E-state index in [4.69, 9.17) is 5.11 Å². The lowest BCUT2D eigenvalue weighted by Gasteiger charge is -2.05. The SMILES string of the molecule is O=C(O)CSc1nnc(NC(=O)C2CCSC2)s1. The van der Waals surface area contributed by atoms with E-state index in [2.05, 4.69) is 15.5 Å². The molecule has 2 N–H and O–H groups in total. The van der Waals surface area contributed by atoms with Crippen LogP contribution in [-0.2, 0) is 9.59 Å². The summed E-state index contributed by atoms with van der Waals surface area (Å²) in [6, 6.07) is 0. The van der Waals surface area contributed by atoms with E-state index < -0.39 is 5.97 Å². The number of carbonyl (C=O) groups excluding carboxylic acids is 1. The average molecular weight is 305 g/mol. The molecule has 9 heteroatoms. The van der Waals surface area contributed by atoms with E-state index >= 15 is 0 Å². The number of aliphatic carboxylic acids is 1. The molecule has 0 saturated carbocycles. The van der Waals surface area contributed by atoms with Crippen LogP contribution in [0.4, 0.5) is 5.13 Å².